The first-order chi connectivity index (χ1) is 15.0. The minimum Gasteiger partial charge on any atom is -0.480 e. The Morgan fingerprint density at radius 3 is 2.03 bits per heavy atom. The molecule has 0 radical (unpaired) electrons. The summed E-state index contributed by atoms with van der Waals surface area (Å²) in [5, 5.41) is 16.6. The predicted molar refractivity (Wildman–Crippen MR) is 121 cm³/mol. The molecule has 5 unspecified atom stereocenters. The Hall–Kier alpha value is -2.38. The third kappa shape index (κ3) is 10.8. The van der Waals surface area contributed by atoms with E-state index >= 15 is 0 Å². The number of unbranched alkanes of at least 4 members (excludes halogenated alkanes) is 1. The molecule has 0 heterocycles. The monoisotopic (exact) mass is 476 g/mol. The lowest BCUT2D eigenvalue weighted by atomic mass is 9.97. The molecule has 184 valence electrons. The van der Waals surface area contributed by atoms with E-state index in [0.29, 0.717) is 25.8 Å². The van der Waals surface area contributed by atoms with Crippen LogP contribution < -0.4 is 33.2 Å². The average molecular weight is 477 g/mol. The molecule has 0 aromatic heterocycles. The van der Waals surface area contributed by atoms with Gasteiger partial charge in [0, 0.05) is 5.75 Å². The zero-order valence-electron chi connectivity index (χ0n) is 18.5. The number of hydrogen-bond acceptors (Lipinski definition) is 8. The molecule has 0 aliphatic carbocycles. The Morgan fingerprint density at radius 1 is 0.969 bits per heavy atom. The fourth-order valence-electron chi connectivity index (χ4n) is 2.74. The third-order valence-electron chi connectivity index (χ3n) is 4.93. The molecule has 0 saturated heterocycles. The molecule has 0 aliphatic heterocycles. The van der Waals surface area contributed by atoms with Crippen LogP contribution >= 0.6 is 12.6 Å². The summed E-state index contributed by atoms with van der Waals surface area (Å²) in [6.07, 6.45) is 1.13. The van der Waals surface area contributed by atoms with Gasteiger partial charge < -0.3 is 38.3 Å². The van der Waals surface area contributed by atoms with Crippen molar-refractivity contribution in [2.75, 3.05) is 12.3 Å². The number of primary amides is 1. The minimum absolute atomic E-state index is 0.0636. The predicted octanol–water partition coefficient (Wildman–Crippen LogP) is -2.17. The maximum Gasteiger partial charge on any atom is 0.326 e. The smallest absolute Gasteiger partial charge is 0.326 e. The van der Waals surface area contributed by atoms with E-state index in [9.17, 15) is 29.1 Å². The van der Waals surface area contributed by atoms with Crippen molar-refractivity contribution >= 4 is 42.2 Å². The van der Waals surface area contributed by atoms with Gasteiger partial charge in [0.05, 0.1) is 12.5 Å². The number of carboxylic acids is 1. The Bertz CT molecular complexity index is 664. The molecule has 10 N–H and O–H groups in total. The van der Waals surface area contributed by atoms with Gasteiger partial charge >= 0.3 is 5.97 Å². The highest BCUT2D eigenvalue weighted by atomic mass is 32.1. The van der Waals surface area contributed by atoms with Gasteiger partial charge in [-0.05, 0) is 31.7 Å². The largest absolute Gasteiger partial charge is 0.480 e. The number of nitrogens with two attached hydrogens (primary N) is 3. The van der Waals surface area contributed by atoms with Gasteiger partial charge in [-0.2, -0.15) is 12.6 Å². The quantitative estimate of drug-likeness (QED) is 0.0902. The van der Waals surface area contributed by atoms with E-state index in [4.69, 9.17) is 17.2 Å². The summed E-state index contributed by atoms with van der Waals surface area (Å²) < 4.78 is 0. The summed E-state index contributed by atoms with van der Waals surface area (Å²) in [7, 11) is 0. The Balaban J connectivity index is 5.47. The van der Waals surface area contributed by atoms with Crippen LogP contribution in [-0.4, -0.2) is 71.2 Å². The standard InChI is InChI=1S/C19H36N6O6S/c1-3-10(2)15(25-16(27)11(21)9-32)18(29)24-13(8-14(22)26)17(28)23-12(19(30)31)6-4-5-7-20/h10-13,15,32H,3-9,20-21H2,1-2H3,(H2,22,26)(H,23,28)(H,24,29)(H,25,27)(H,30,31). The fourth-order valence-corrected chi connectivity index (χ4v) is 2.91. The lowest BCUT2D eigenvalue weighted by molar-refractivity contribution is -0.142. The van der Waals surface area contributed by atoms with Gasteiger partial charge in [-0.25, -0.2) is 4.79 Å². The molecule has 5 atom stereocenters. The number of thiol groups is 1. The molecule has 0 fully saturated rings. The number of amides is 4. The first-order valence-corrected chi connectivity index (χ1v) is 11.1. The second kappa shape index (κ2) is 15.4. The summed E-state index contributed by atoms with van der Waals surface area (Å²) >= 11 is 3.96. The van der Waals surface area contributed by atoms with Crippen LogP contribution in [0.25, 0.3) is 0 Å². The number of carboxylic acid groups (broad SMARTS) is 1. The second-order valence-electron chi connectivity index (χ2n) is 7.58. The number of hydrogen-bond donors (Lipinski definition) is 8. The van der Waals surface area contributed by atoms with Crippen LogP contribution in [0.15, 0.2) is 0 Å². The van der Waals surface area contributed by atoms with Crippen LogP contribution in [0.2, 0.25) is 0 Å². The first kappa shape index (κ1) is 29.6. The number of nitrogens with one attached hydrogen (secondary N) is 3. The Morgan fingerprint density at radius 2 is 1.56 bits per heavy atom. The Labute approximate surface area is 193 Å². The van der Waals surface area contributed by atoms with Gasteiger partial charge in [-0.15, -0.1) is 0 Å². The van der Waals surface area contributed by atoms with Gasteiger partial charge in [0.1, 0.15) is 18.1 Å². The second-order valence-corrected chi connectivity index (χ2v) is 7.94. The third-order valence-corrected chi connectivity index (χ3v) is 5.32. The summed E-state index contributed by atoms with van der Waals surface area (Å²) in [6, 6.07) is -4.62. The van der Waals surface area contributed by atoms with Gasteiger partial charge in [-0.1, -0.05) is 20.3 Å². The van der Waals surface area contributed by atoms with Gasteiger partial charge in [0.25, 0.3) is 0 Å². The molecular formula is C19H36N6O6S. The van der Waals surface area contributed by atoms with Crippen molar-refractivity contribution < 1.29 is 29.1 Å². The number of carbonyl (C=O) groups is 5. The molecule has 0 bridgehead atoms. The van der Waals surface area contributed by atoms with E-state index in [2.05, 4.69) is 28.6 Å². The summed E-state index contributed by atoms with van der Waals surface area (Å²) in [5.41, 5.74) is 16.2. The highest BCUT2D eigenvalue weighted by Gasteiger charge is 2.32. The number of rotatable bonds is 16. The van der Waals surface area contributed by atoms with Crippen LogP contribution in [0.4, 0.5) is 0 Å². The molecule has 0 aliphatic rings. The normalized spacial score (nSPS) is 15.5. The van der Waals surface area contributed by atoms with Crippen molar-refractivity contribution in [3.63, 3.8) is 0 Å². The van der Waals surface area contributed by atoms with Crippen molar-refractivity contribution in [2.24, 2.45) is 23.1 Å². The molecule has 0 aromatic carbocycles. The van der Waals surface area contributed by atoms with E-state index in [1.54, 1.807) is 6.92 Å². The van der Waals surface area contributed by atoms with Crippen LogP contribution in [0.1, 0.15) is 46.0 Å². The van der Waals surface area contributed by atoms with E-state index in [1.807, 2.05) is 6.92 Å². The van der Waals surface area contributed by atoms with Crippen molar-refractivity contribution in [1.29, 1.82) is 0 Å². The topological polar surface area (TPSA) is 220 Å². The summed E-state index contributed by atoms with van der Waals surface area (Å²) in [4.78, 5) is 60.6. The van der Waals surface area contributed by atoms with E-state index in [-0.39, 0.29) is 18.1 Å². The zero-order chi connectivity index (χ0) is 24.8. The molecule has 4 amide bonds. The van der Waals surface area contributed by atoms with Crippen molar-refractivity contribution in [2.45, 2.75) is 70.1 Å². The zero-order valence-corrected chi connectivity index (χ0v) is 19.4. The van der Waals surface area contributed by atoms with Gasteiger partial charge in [-0.3, -0.25) is 19.2 Å². The molecule has 0 aromatic rings. The molecule has 0 rings (SSSR count). The van der Waals surface area contributed by atoms with E-state index in [1.165, 1.54) is 0 Å². The van der Waals surface area contributed by atoms with E-state index < -0.39 is 60.2 Å². The summed E-state index contributed by atoms with van der Waals surface area (Å²) in [5.74, 6) is -4.59. The Kier molecular flexibility index (Phi) is 14.3. The first-order valence-electron chi connectivity index (χ1n) is 10.5. The van der Waals surface area contributed by atoms with Crippen LogP contribution in [-0.2, 0) is 24.0 Å². The lowest BCUT2D eigenvalue weighted by Gasteiger charge is -2.27. The SMILES string of the molecule is CCC(C)C(NC(=O)C(N)CS)C(=O)NC(CC(N)=O)C(=O)NC(CCCCN)C(=O)O. The van der Waals surface area contributed by atoms with Gasteiger partial charge in [0.15, 0.2) is 0 Å². The van der Waals surface area contributed by atoms with Crippen molar-refractivity contribution in [3.8, 4) is 0 Å². The molecule has 0 spiro atoms. The average Bonchev–Trinajstić information content (AvgIpc) is 2.74. The highest BCUT2D eigenvalue weighted by molar-refractivity contribution is 7.80. The van der Waals surface area contributed by atoms with Crippen LogP contribution in [0.3, 0.4) is 0 Å². The highest BCUT2D eigenvalue weighted by Crippen LogP contribution is 2.10. The lowest BCUT2D eigenvalue weighted by Crippen LogP contribution is -2.59. The number of aliphatic carboxylic acids is 1. The molecular weight excluding hydrogens is 440 g/mol. The van der Waals surface area contributed by atoms with Crippen molar-refractivity contribution in [3.05, 3.63) is 0 Å². The van der Waals surface area contributed by atoms with Crippen molar-refractivity contribution in [1.82, 2.24) is 16.0 Å². The summed E-state index contributed by atoms with van der Waals surface area (Å²) in [6.45, 7) is 3.90. The maximum atomic E-state index is 12.9. The van der Waals surface area contributed by atoms with Gasteiger partial charge in [0.2, 0.25) is 23.6 Å². The van der Waals surface area contributed by atoms with E-state index in [0.717, 1.165) is 0 Å². The molecule has 0 saturated carbocycles. The van der Waals surface area contributed by atoms with Crippen LogP contribution in [0.5, 0.6) is 0 Å². The number of carbonyl (C=O) groups excluding carboxylic acids is 4. The maximum absolute atomic E-state index is 12.9. The molecule has 13 heteroatoms. The van der Waals surface area contributed by atoms with Crippen LogP contribution in [0, 0.1) is 5.92 Å². The molecule has 12 nitrogen and oxygen atoms in total. The fraction of sp³-hybridized carbons (Fsp3) is 0.737. The molecule has 32 heavy (non-hydrogen) atoms. The minimum atomic E-state index is -1.42.